The van der Waals surface area contributed by atoms with Gasteiger partial charge in [0.1, 0.15) is 6.29 Å². The summed E-state index contributed by atoms with van der Waals surface area (Å²) in [6, 6.07) is 0. The second-order valence-corrected chi connectivity index (χ2v) is 4.19. The van der Waals surface area contributed by atoms with Gasteiger partial charge < -0.3 is 14.3 Å². The van der Waals surface area contributed by atoms with E-state index in [1.165, 1.54) is 0 Å². The number of aldehydes is 1. The van der Waals surface area contributed by atoms with Crippen LogP contribution in [0.15, 0.2) is 0 Å². The van der Waals surface area contributed by atoms with Gasteiger partial charge in [0.15, 0.2) is 5.79 Å². The molecule has 3 nitrogen and oxygen atoms in total. The Morgan fingerprint density at radius 1 is 1.15 bits per heavy atom. The molecule has 1 saturated heterocycles. The van der Waals surface area contributed by atoms with Gasteiger partial charge in [-0.3, -0.25) is 0 Å². The van der Waals surface area contributed by atoms with Crippen LogP contribution in [-0.4, -0.2) is 25.3 Å². The highest BCUT2D eigenvalue weighted by Gasteiger charge is 2.54. The SMILES string of the molecule is CC1(C=O)CCCCC12OCCO2. The van der Waals surface area contributed by atoms with E-state index in [1.807, 2.05) is 6.92 Å². The van der Waals surface area contributed by atoms with Gasteiger partial charge in [-0.2, -0.15) is 0 Å². The van der Waals surface area contributed by atoms with Gasteiger partial charge in [0, 0.05) is 6.42 Å². The fourth-order valence-corrected chi connectivity index (χ4v) is 2.40. The zero-order valence-electron chi connectivity index (χ0n) is 8.04. The lowest BCUT2D eigenvalue weighted by Gasteiger charge is -2.44. The van der Waals surface area contributed by atoms with Crippen LogP contribution in [0.3, 0.4) is 0 Å². The lowest BCUT2D eigenvalue weighted by Crippen LogP contribution is -2.50. The normalized spacial score (nSPS) is 37.9. The van der Waals surface area contributed by atoms with Gasteiger partial charge in [0.05, 0.1) is 18.6 Å². The summed E-state index contributed by atoms with van der Waals surface area (Å²) in [6.45, 7) is 3.21. The van der Waals surface area contributed by atoms with Crippen LogP contribution in [0.5, 0.6) is 0 Å². The van der Waals surface area contributed by atoms with Crippen molar-refractivity contribution in [2.45, 2.75) is 38.4 Å². The molecule has 2 aliphatic rings. The van der Waals surface area contributed by atoms with E-state index in [1.54, 1.807) is 0 Å². The largest absolute Gasteiger partial charge is 0.347 e. The Balaban J connectivity index is 2.26. The number of carbonyl (C=O) groups excluding carboxylic acids is 1. The molecule has 2 fully saturated rings. The third-order valence-electron chi connectivity index (χ3n) is 3.34. The van der Waals surface area contributed by atoms with Crippen LogP contribution in [0.25, 0.3) is 0 Å². The molecule has 1 atom stereocenters. The van der Waals surface area contributed by atoms with Crippen molar-refractivity contribution in [3.8, 4) is 0 Å². The third kappa shape index (κ3) is 1.22. The first kappa shape index (κ1) is 9.16. The molecule has 0 aromatic rings. The summed E-state index contributed by atoms with van der Waals surface area (Å²) in [5, 5.41) is 0. The van der Waals surface area contributed by atoms with Gasteiger partial charge in [-0.15, -0.1) is 0 Å². The van der Waals surface area contributed by atoms with E-state index in [4.69, 9.17) is 9.47 Å². The predicted molar refractivity (Wildman–Crippen MR) is 47.3 cm³/mol. The molecule has 0 aromatic heterocycles. The fraction of sp³-hybridized carbons (Fsp3) is 0.900. The van der Waals surface area contributed by atoms with Crippen LogP contribution in [0.1, 0.15) is 32.6 Å². The maximum Gasteiger partial charge on any atom is 0.180 e. The van der Waals surface area contributed by atoms with Crippen molar-refractivity contribution in [1.29, 1.82) is 0 Å². The third-order valence-corrected chi connectivity index (χ3v) is 3.34. The van der Waals surface area contributed by atoms with Crippen LogP contribution in [-0.2, 0) is 14.3 Å². The van der Waals surface area contributed by atoms with E-state index in [0.29, 0.717) is 13.2 Å². The molecule has 1 unspecified atom stereocenters. The highest BCUT2D eigenvalue weighted by atomic mass is 16.7. The van der Waals surface area contributed by atoms with Gasteiger partial charge in [-0.25, -0.2) is 0 Å². The Kier molecular flexibility index (Phi) is 2.16. The highest BCUT2D eigenvalue weighted by Crippen LogP contribution is 2.47. The highest BCUT2D eigenvalue weighted by molar-refractivity contribution is 5.61. The Bertz CT molecular complexity index is 208. The second kappa shape index (κ2) is 3.07. The van der Waals surface area contributed by atoms with Crippen molar-refractivity contribution in [3.63, 3.8) is 0 Å². The van der Waals surface area contributed by atoms with Crippen molar-refractivity contribution in [2.75, 3.05) is 13.2 Å². The maximum atomic E-state index is 11.1. The first-order valence-electron chi connectivity index (χ1n) is 4.97. The molecule has 74 valence electrons. The summed E-state index contributed by atoms with van der Waals surface area (Å²) in [4.78, 5) is 11.1. The molecule has 13 heavy (non-hydrogen) atoms. The number of hydrogen-bond donors (Lipinski definition) is 0. The summed E-state index contributed by atoms with van der Waals surface area (Å²) in [5.74, 6) is -0.590. The molecular formula is C10H16O3. The molecule has 2 rings (SSSR count). The van der Waals surface area contributed by atoms with E-state index < -0.39 is 11.2 Å². The zero-order valence-corrected chi connectivity index (χ0v) is 8.04. The zero-order chi connectivity index (χ0) is 9.36. The Morgan fingerprint density at radius 2 is 1.77 bits per heavy atom. The van der Waals surface area contributed by atoms with Gasteiger partial charge >= 0.3 is 0 Å². The predicted octanol–water partition coefficient (Wildman–Crippen LogP) is 1.51. The molecule has 1 aliphatic carbocycles. The lowest BCUT2D eigenvalue weighted by molar-refractivity contribution is -0.239. The Morgan fingerprint density at radius 3 is 2.38 bits per heavy atom. The molecule has 1 spiro atoms. The molecule has 0 N–H and O–H groups in total. The monoisotopic (exact) mass is 184 g/mol. The van der Waals surface area contributed by atoms with Gasteiger partial charge in [-0.1, -0.05) is 6.42 Å². The quantitative estimate of drug-likeness (QED) is 0.579. The number of ether oxygens (including phenoxy) is 2. The molecule has 0 amide bonds. The molecule has 1 heterocycles. The fourth-order valence-electron chi connectivity index (χ4n) is 2.40. The standard InChI is InChI=1S/C10H16O3/c1-9(8-11)4-2-3-5-10(9)12-6-7-13-10/h8H,2-7H2,1H3. The van der Waals surface area contributed by atoms with Crippen molar-refractivity contribution >= 4 is 6.29 Å². The van der Waals surface area contributed by atoms with Crippen LogP contribution in [0, 0.1) is 5.41 Å². The molecule has 0 aromatic carbocycles. The molecule has 1 aliphatic heterocycles. The minimum atomic E-state index is -0.590. The van der Waals surface area contributed by atoms with Gasteiger partial charge in [0.25, 0.3) is 0 Å². The molecular weight excluding hydrogens is 168 g/mol. The van der Waals surface area contributed by atoms with Crippen LogP contribution < -0.4 is 0 Å². The minimum Gasteiger partial charge on any atom is -0.347 e. The summed E-state index contributed by atoms with van der Waals surface area (Å²) in [7, 11) is 0. The molecule has 0 bridgehead atoms. The lowest BCUT2D eigenvalue weighted by atomic mass is 9.71. The van der Waals surface area contributed by atoms with Crippen LogP contribution in [0.2, 0.25) is 0 Å². The van der Waals surface area contributed by atoms with E-state index in [-0.39, 0.29) is 0 Å². The summed E-state index contributed by atoms with van der Waals surface area (Å²) in [5.41, 5.74) is -0.429. The topological polar surface area (TPSA) is 35.5 Å². The van der Waals surface area contributed by atoms with E-state index >= 15 is 0 Å². The molecule has 0 radical (unpaired) electrons. The van der Waals surface area contributed by atoms with Crippen molar-refractivity contribution in [2.24, 2.45) is 5.41 Å². The van der Waals surface area contributed by atoms with Crippen molar-refractivity contribution < 1.29 is 14.3 Å². The van der Waals surface area contributed by atoms with Crippen molar-refractivity contribution in [3.05, 3.63) is 0 Å². The number of carbonyl (C=O) groups is 1. The average molecular weight is 184 g/mol. The maximum absolute atomic E-state index is 11.1. The van der Waals surface area contributed by atoms with Gasteiger partial charge in [-0.05, 0) is 19.8 Å². The molecule has 3 heteroatoms. The minimum absolute atomic E-state index is 0.429. The first-order valence-corrected chi connectivity index (χ1v) is 4.97. The van der Waals surface area contributed by atoms with Crippen LogP contribution >= 0.6 is 0 Å². The van der Waals surface area contributed by atoms with Crippen molar-refractivity contribution in [1.82, 2.24) is 0 Å². The smallest absolute Gasteiger partial charge is 0.180 e. The summed E-state index contributed by atoms with van der Waals surface area (Å²) in [6.07, 6.45) is 4.96. The molecule has 1 saturated carbocycles. The van der Waals surface area contributed by atoms with Crippen LogP contribution in [0.4, 0.5) is 0 Å². The van der Waals surface area contributed by atoms with E-state index in [0.717, 1.165) is 32.0 Å². The van der Waals surface area contributed by atoms with E-state index in [2.05, 4.69) is 0 Å². The first-order chi connectivity index (χ1) is 6.22. The number of rotatable bonds is 1. The Hall–Kier alpha value is -0.410. The average Bonchev–Trinajstić information content (AvgIpc) is 2.61. The summed E-state index contributed by atoms with van der Waals surface area (Å²) >= 11 is 0. The second-order valence-electron chi connectivity index (χ2n) is 4.19. The van der Waals surface area contributed by atoms with E-state index in [9.17, 15) is 4.79 Å². The van der Waals surface area contributed by atoms with Gasteiger partial charge in [0.2, 0.25) is 0 Å². The Labute approximate surface area is 78.4 Å². The number of hydrogen-bond acceptors (Lipinski definition) is 3. The summed E-state index contributed by atoms with van der Waals surface area (Å²) < 4.78 is 11.3.